The van der Waals surface area contributed by atoms with Crippen LogP contribution in [0.25, 0.3) is 10.6 Å². The lowest BCUT2D eigenvalue weighted by Crippen LogP contribution is -2.67. The molecule has 5 aliphatic heterocycles. The molecule has 6 aliphatic rings. The number of halogens is 3. The van der Waals surface area contributed by atoms with Gasteiger partial charge in [-0.05, 0) is 42.9 Å². The Morgan fingerprint density at radius 2 is 1.84 bits per heavy atom. The third kappa shape index (κ3) is 4.91. The number of sulfone groups is 1. The summed E-state index contributed by atoms with van der Waals surface area (Å²) in [7, 11) is -3.93. The molecule has 3 aromatic heterocycles. The number of alkyl halides is 3. The number of carbonyl (C=O) groups is 1. The molecule has 4 saturated heterocycles. The van der Waals surface area contributed by atoms with Crippen molar-refractivity contribution < 1.29 is 31.1 Å². The predicted molar refractivity (Wildman–Crippen MR) is 155 cm³/mol. The van der Waals surface area contributed by atoms with E-state index in [9.17, 15) is 26.4 Å². The van der Waals surface area contributed by atoms with Gasteiger partial charge in [-0.3, -0.25) is 4.79 Å². The minimum absolute atomic E-state index is 0.00668. The first-order valence-electron chi connectivity index (χ1n) is 14.5. The Hall–Kier alpha value is -3.34. The summed E-state index contributed by atoms with van der Waals surface area (Å²) in [6.45, 7) is 2.32. The Labute approximate surface area is 254 Å². The van der Waals surface area contributed by atoms with Gasteiger partial charge in [0.25, 0.3) is 5.91 Å². The molecule has 2 unspecified atom stereocenters. The molecule has 1 aliphatic carbocycles. The van der Waals surface area contributed by atoms with Crippen molar-refractivity contribution in [3.8, 4) is 10.6 Å². The maximum atomic E-state index is 14.2. The van der Waals surface area contributed by atoms with Crippen molar-refractivity contribution in [1.82, 2.24) is 25.2 Å². The van der Waals surface area contributed by atoms with E-state index in [-0.39, 0.29) is 52.2 Å². The average Bonchev–Trinajstić information content (AvgIpc) is 3.70. The van der Waals surface area contributed by atoms with Gasteiger partial charge in [0.15, 0.2) is 9.84 Å². The third-order valence-electron chi connectivity index (χ3n) is 8.91. The zero-order chi connectivity index (χ0) is 30.4. The summed E-state index contributed by atoms with van der Waals surface area (Å²) in [6, 6.07) is 3.84. The lowest BCUT2D eigenvalue weighted by molar-refractivity contribution is -0.137. The minimum Gasteiger partial charge on any atom is -0.377 e. The van der Waals surface area contributed by atoms with Gasteiger partial charge in [-0.25, -0.2) is 23.4 Å². The number of amides is 1. The first-order valence-corrected chi connectivity index (χ1v) is 17.0. The van der Waals surface area contributed by atoms with E-state index in [2.05, 4.69) is 30.5 Å². The molecular formula is C28H28F3N7O4S2. The van der Waals surface area contributed by atoms with E-state index < -0.39 is 33.2 Å². The average molecular weight is 648 g/mol. The summed E-state index contributed by atoms with van der Waals surface area (Å²) in [5, 5.41) is 6.59. The highest BCUT2D eigenvalue weighted by atomic mass is 32.2. The van der Waals surface area contributed by atoms with Crippen molar-refractivity contribution >= 4 is 44.5 Å². The highest BCUT2D eigenvalue weighted by molar-refractivity contribution is 7.91. The Balaban J connectivity index is 1.15. The number of rotatable bonds is 6. The second-order valence-electron chi connectivity index (χ2n) is 12.0. The van der Waals surface area contributed by atoms with Crippen LogP contribution in [0.3, 0.4) is 0 Å². The zero-order valence-corrected chi connectivity index (χ0v) is 24.9. The van der Waals surface area contributed by atoms with Gasteiger partial charge in [0, 0.05) is 37.9 Å². The van der Waals surface area contributed by atoms with E-state index in [1.165, 1.54) is 11.3 Å². The molecule has 2 bridgehead atoms. The second-order valence-corrected chi connectivity index (χ2v) is 15.1. The molecule has 2 atom stereocenters. The molecule has 5 fully saturated rings. The summed E-state index contributed by atoms with van der Waals surface area (Å²) in [5.74, 6) is 0.228. The first kappa shape index (κ1) is 28.2. The van der Waals surface area contributed by atoms with Crippen LogP contribution in [0, 0.1) is 0 Å². The Morgan fingerprint density at radius 3 is 2.50 bits per heavy atom. The normalized spacial score (nSPS) is 24.8. The maximum absolute atomic E-state index is 14.2. The molecule has 9 rings (SSSR count). The predicted octanol–water partition coefficient (Wildman–Crippen LogP) is 3.42. The fraction of sp³-hybridized carbons (Fsp3) is 0.500. The van der Waals surface area contributed by atoms with Crippen molar-refractivity contribution in [1.29, 1.82) is 0 Å². The lowest BCUT2D eigenvalue weighted by atomic mass is 9.91. The van der Waals surface area contributed by atoms with Crippen LogP contribution in [-0.2, 0) is 20.8 Å². The lowest BCUT2D eigenvalue weighted by Gasteiger charge is -2.48. The van der Waals surface area contributed by atoms with Gasteiger partial charge >= 0.3 is 6.18 Å². The van der Waals surface area contributed by atoms with Gasteiger partial charge in [-0.2, -0.15) is 13.2 Å². The van der Waals surface area contributed by atoms with E-state index >= 15 is 0 Å². The largest absolute Gasteiger partial charge is 0.420 e. The highest BCUT2D eigenvalue weighted by Crippen LogP contribution is 2.46. The van der Waals surface area contributed by atoms with Crippen molar-refractivity contribution in [3.63, 3.8) is 0 Å². The number of thiophene rings is 1. The van der Waals surface area contributed by atoms with Crippen LogP contribution in [0.15, 0.2) is 29.4 Å². The van der Waals surface area contributed by atoms with E-state index in [1.807, 2.05) is 6.07 Å². The number of fused-ring (bicyclic) bond motifs is 3. The van der Waals surface area contributed by atoms with Crippen LogP contribution >= 0.6 is 11.3 Å². The van der Waals surface area contributed by atoms with Gasteiger partial charge in [-0.1, -0.05) is 0 Å². The summed E-state index contributed by atoms with van der Waals surface area (Å²) < 4.78 is 74.0. The smallest absolute Gasteiger partial charge is 0.377 e. The molecular weight excluding hydrogens is 619 g/mol. The molecule has 11 nitrogen and oxygen atoms in total. The van der Waals surface area contributed by atoms with Gasteiger partial charge in [0.05, 0.1) is 52.4 Å². The number of anilines is 3. The summed E-state index contributed by atoms with van der Waals surface area (Å²) in [4.78, 5) is 29.5. The summed E-state index contributed by atoms with van der Waals surface area (Å²) in [6.07, 6.45) is 0.707. The fourth-order valence-electron chi connectivity index (χ4n) is 6.31. The van der Waals surface area contributed by atoms with E-state index in [0.717, 1.165) is 43.4 Å². The van der Waals surface area contributed by atoms with Crippen LogP contribution in [0.2, 0.25) is 0 Å². The second kappa shape index (κ2) is 10.1. The number of nitrogens with one attached hydrogen (secondary N) is 2. The van der Waals surface area contributed by atoms with Crippen molar-refractivity contribution in [2.24, 2.45) is 0 Å². The fourth-order valence-corrected chi connectivity index (χ4v) is 9.23. The molecule has 232 valence electrons. The summed E-state index contributed by atoms with van der Waals surface area (Å²) in [5.41, 5.74) is 0.00101. The molecule has 1 saturated carbocycles. The number of carbonyl (C=O) groups excluding carboxylic acids is 1. The molecule has 3 aromatic rings. The highest BCUT2D eigenvalue weighted by Gasteiger charge is 2.41. The van der Waals surface area contributed by atoms with E-state index in [4.69, 9.17) is 4.74 Å². The number of pyridine rings is 1. The van der Waals surface area contributed by atoms with E-state index in [0.29, 0.717) is 41.2 Å². The van der Waals surface area contributed by atoms with Crippen molar-refractivity contribution in [2.45, 2.75) is 54.4 Å². The molecule has 0 aromatic carbocycles. The van der Waals surface area contributed by atoms with Gasteiger partial charge in [0.2, 0.25) is 5.95 Å². The Morgan fingerprint density at radius 1 is 1.09 bits per heavy atom. The van der Waals surface area contributed by atoms with Crippen LogP contribution < -0.4 is 15.5 Å². The molecule has 44 heavy (non-hydrogen) atoms. The first-order chi connectivity index (χ1) is 21.0. The number of piperidine rings is 1. The van der Waals surface area contributed by atoms with Gasteiger partial charge in [0.1, 0.15) is 16.3 Å². The van der Waals surface area contributed by atoms with E-state index in [1.54, 1.807) is 6.20 Å². The summed E-state index contributed by atoms with van der Waals surface area (Å²) >= 11 is 0.700. The Kier molecular flexibility index (Phi) is 6.45. The van der Waals surface area contributed by atoms with Crippen LogP contribution in [-0.4, -0.2) is 90.9 Å². The molecule has 1 amide bonds. The van der Waals surface area contributed by atoms with Gasteiger partial charge in [-0.15, -0.1) is 11.3 Å². The zero-order valence-electron chi connectivity index (χ0n) is 23.3. The van der Waals surface area contributed by atoms with Gasteiger partial charge < -0.3 is 25.2 Å². The SMILES string of the molecule is O=C1c2sc(-c3nc(Nc4cnc(N5CC6CC(C5)N6)cc4C4CC4)ncc3C(F)(F)F)cc2S(=O)(=O)CCN1C1COC1. The number of hydrogen-bond donors (Lipinski definition) is 2. The van der Waals surface area contributed by atoms with Crippen LogP contribution in [0.4, 0.5) is 30.6 Å². The quantitative estimate of drug-likeness (QED) is 0.411. The van der Waals surface area contributed by atoms with Crippen LogP contribution in [0.1, 0.15) is 46.0 Å². The third-order valence-corrected chi connectivity index (χ3v) is 11.9. The van der Waals surface area contributed by atoms with Crippen molar-refractivity contribution in [3.05, 3.63) is 40.5 Å². The number of hydrogen-bond acceptors (Lipinski definition) is 11. The topological polar surface area (TPSA) is 130 Å². The maximum Gasteiger partial charge on any atom is 0.420 e. The minimum atomic E-state index is -4.82. The molecule has 2 N–H and O–H groups in total. The number of aromatic nitrogens is 3. The molecule has 16 heteroatoms. The standard InChI is InChI=1S/C28H28F3N7O4S2/c29-28(30,31)19-8-33-27(35-20-9-32-23(6-18(20)14-1-2-14)37-10-15-5-16(11-37)34-15)36-24(19)21-7-22-25(43-21)26(39)38(17-12-42-13-17)3-4-44(22,40)41/h6-9,14-17,34H,1-5,10-13H2,(H,33,35,36). The number of ether oxygens (including phenoxy) is 1. The number of piperazine rings is 1. The monoisotopic (exact) mass is 647 g/mol. The van der Waals surface area contributed by atoms with Crippen molar-refractivity contribution in [2.75, 3.05) is 48.8 Å². The molecule has 8 heterocycles. The Bertz CT molecular complexity index is 1760. The molecule has 0 spiro atoms. The van der Waals surface area contributed by atoms with Crippen LogP contribution in [0.5, 0.6) is 0 Å². The number of nitrogens with zero attached hydrogens (tertiary/aromatic N) is 5. The molecule has 0 radical (unpaired) electrons.